The Hall–Kier alpha value is 0.324. The summed E-state index contributed by atoms with van der Waals surface area (Å²) in [5.41, 5.74) is 0. The normalized spacial score (nSPS) is 5.45. The molecule has 0 amide bonds. The van der Waals surface area contributed by atoms with Crippen molar-refractivity contribution in [1.82, 2.24) is 0 Å². The summed E-state index contributed by atoms with van der Waals surface area (Å²) in [4.78, 5) is 0. The van der Waals surface area contributed by atoms with Crippen LogP contribution in [-0.4, -0.2) is 0 Å². The molecule has 0 aliphatic carbocycles. The molecular formula is C10H18Y. The second-order valence-electron chi connectivity index (χ2n) is 1.15. The van der Waals surface area contributed by atoms with Crippen LogP contribution in [0.2, 0.25) is 0 Å². The van der Waals surface area contributed by atoms with Gasteiger partial charge in [0, 0.05) is 32.7 Å². The predicted octanol–water partition coefficient (Wildman–Crippen LogP) is 3.74. The van der Waals surface area contributed by atoms with E-state index in [1.807, 2.05) is 64.1 Å². The fourth-order valence-corrected chi connectivity index (χ4v) is 0.385. The molecule has 0 saturated carbocycles. The van der Waals surface area contributed by atoms with Gasteiger partial charge in [0.1, 0.15) is 0 Å². The maximum atomic E-state index is 2.00. The molecule has 1 aromatic carbocycles. The molecular weight excluding hydrogens is 209 g/mol. The molecule has 0 aromatic heterocycles. The fourth-order valence-electron chi connectivity index (χ4n) is 0.385. The van der Waals surface area contributed by atoms with Gasteiger partial charge in [-0.05, 0) is 0 Å². The van der Waals surface area contributed by atoms with E-state index >= 15 is 0 Å². The molecule has 0 spiro atoms. The van der Waals surface area contributed by atoms with Crippen LogP contribution >= 0.6 is 0 Å². The molecule has 1 rings (SSSR count). The summed E-state index contributed by atoms with van der Waals surface area (Å²) < 4.78 is 0. The first-order chi connectivity index (χ1) is 5.00. The first kappa shape index (κ1) is 17.4. The van der Waals surface area contributed by atoms with Gasteiger partial charge < -0.3 is 0 Å². The van der Waals surface area contributed by atoms with Gasteiger partial charge in [0.15, 0.2) is 0 Å². The SMILES string of the molecule is CC.CC.[Y].c1ccccc1. The molecule has 61 valence electrons. The largest absolute Gasteiger partial charge is 0.0683 e. The van der Waals surface area contributed by atoms with E-state index in [4.69, 9.17) is 0 Å². The molecule has 0 bridgehead atoms. The van der Waals surface area contributed by atoms with Crippen LogP contribution in [0.3, 0.4) is 0 Å². The van der Waals surface area contributed by atoms with Crippen LogP contribution < -0.4 is 0 Å². The van der Waals surface area contributed by atoms with Crippen molar-refractivity contribution in [3.05, 3.63) is 36.4 Å². The van der Waals surface area contributed by atoms with E-state index in [0.717, 1.165) is 0 Å². The van der Waals surface area contributed by atoms with E-state index in [9.17, 15) is 0 Å². The third-order valence-electron chi connectivity index (χ3n) is 0.667. The third kappa shape index (κ3) is 17.9. The van der Waals surface area contributed by atoms with E-state index in [0.29, 0.717) is 0 Å². The summed E-state index contributed by atoms with van der Waals surface area (Å²) in [5, 5.41) is 0. The van der Waals surface area contributed by atoms with Crippen molar-refractivity contribution in [2.45, 2.75) is 27.7 Å². The van der Waals surface area contributed by atoms with Crippen LogP contribution in [0.5, 0.6) is 0 Å². The zero-order valence-corrected chi connectivity index (χ0v) is 10.9. The Bertz CT molecular complexity index is 76.8. The molecule has 0 aliphatic rings. The molecule has 0 fully saturated rings. The Morgan fingerprint density at radius 3 is 0.636 bits per heavy atom. The summed E-state index contributed by atoms with van der Waals surface area (Å²) >= 11 is 0. The Morgan fingerprint density at radius 2 is 0.545 bits per heavy atom. The van der Waals surface area contributed by atoms with Crippen molar-refractivity contribution in [2.75, 3.05) is 0 Å². The smallest absolute Gasteiger partial charge is 0 e. The van der Waals surface area contributed by atoms with Crippen LogP contribution in [0.4, 0.5) is 0 Å². The molecule has 1 radical (unpaired) electrons. The van der Waals surface area contributed by atoms with Gasteiger partial charge in [0.05, 0.1) is 0 Å². The van der Waals surface area contributed by atoms with E-state index in [-0.39, 0.29) is 32.7 Å². The van der Waals surface area contributed by atoms with Gasteiger partial charge in [0.2, 0.25) is 0 Å². The van der Waals surface area contributed by atoms with Gasteiger partial charge in [0.25, 0.3) is 0 Å². The predicted molar refractivity (Wildman–Crippen MR) is 49.1 cm³/mol. The summed E-state index contributed by atoms with van der Waals surface area (Å²) in [6, 6.07) is 12.0. The second kappa shape index (κ2) is 22.4. The molecule has 0 heterocycles. The molecule has 11 heavy (non-hydrogen) atoms. The molecule has 0 nitrogen and oxygen atoms in total. The number of hydrogen-bond acceptors (Lipinski definition) is 0. The van der Waals surface area contributed by atoms with Crippen molar-refractivity contribution in [1.29, 1.82) is 0 Å². The first-order valence-corrected chi connectivity index (χ1v) is 4.00. The van der Waals surface area contributed by atoms with Gasteiger partial charge in [-0.25, -0.2) is 0 Å². The van der Waals surface area contributed by atoms with E-state index < -0.39 is 0 Å². The van der Waals surface area contributed by atoms with Crippen LogP contribution in [-0.2, 0) is 32.7 Å². The van der Waals surface area contributed by atoms with E-state index in [1.165, 1.54) is 0 Å². The first-order valence-electron chi connectivity index (χ1n) is 4.00. The summed E-state index contributed by atoms with van der Waals surface area (Å²) in [6.45, 7) is 8.00. The summed E-state index contributed by atoms with van der Waals surface area (Å²) in [7, 11) is 0. The molecule has 0 unspecified atom stereocenters. The quantitative estimate of drug-likeness (QED) is 0.633. The van der Waals surface area contributed by atoms with Gasteiger partial charge in [-0.1, -0.05) is 64.1 Å². The van der Waals surface area contributed by atoms with Gasteiger partial charge >= 0.3 is 0 Å². The maximum Gasteiger partial charge on any atom is 0 e. The van der Waals surface area contributed by atoms with Crippen LogP contribution in [0.1, 0.15) is 27.7 Å². The Morgan fingerprint density at radius 1 is 0.455 bits per heavy atom. The monoisotopic (exact) mass is 227 g/mol. The summed E-state index contributed by atoms with van der Waals surface area (Å²) in [5.74, 6) is 0. The van der Waals surface area contributed by atoms with Crippen molar-refractivity contribution >= 4 is 0 Å². The Kier molecular flexibility index (Phi) is 35.5. The number of hydrogen-bond donors (Lipinski definition) is 0. The zero-order valence-electron chi connectivity index (χ0n) is 8.04. The minimum Gasteiger partial charge on any atom is -0.0683 e. The molecule has 0 atom stereocenters. The van der Waals surface area contributed by atoms with E-state index in [2.05, 4.69) is 0 Å². The molecule has 1 heteroatoms. The molecule has 0 saturated heterocycles. The Balaban J connectivity index is -0.000000114. The standard InChI is InChI=1S/C6H6.2C2H6.Y/c1-2-4-6-5-3-1;2*1-2;/h1-6H;2*1-2H3;. The second-order valence-corrected chi connectivity index (χ2v) is 1.15. The van der Waals surface area contributed by atoms with Crippen LogP contribution in [0, 0.1) is 0 Å². The van der Waals surface area contributed by atoms with Crippen molar-refractivity contribution in [3.63, 3.8) is 0 Å². The average molecular weight is 227 g/mol. The van der Waals surface area contributed by atoms with Gasteiger partial charge in [-0.3, -0.25) is 0 Å². The van der Waals surface area contributed by atoms with Crippen molar-refractivity contribution < 1.29 is 32.7 Å². The van der Waals surface area contributed by atoms with Crippen molar-refractivity contribution in [2.24, 2.45) is 0 Å². The van der Waals surface area contributed by atoms with Gasteiger partial charge in [-0.15, -0.1) is 0 Å². The van der Waals surface area contributed by atoms with Crippen LogP contribution in [0.15, 0.2) is 36.4 Å². The Labute approximate surface area is 96.3 Å². The third-order valence-corrected chi connectivity index (χ3v) is 0.667. The average Bonchev–Trinajstić information content (AvgIpc) is 2.14. The van der Waals surface area contributed by atoms with Crippen molar-refractivity contribution in [3.8, 4) is 0 Å². The number of benzene rings is 1. The van der Waals surface area contributed by atoms with E-state index in [1.54, 1.807) is 0 Å². The number of rotatable bonds is 0. The topological polar surface area (TPSA) is 0 Å². The fraction of sp³-hybridized carbons (Fsp3) is 0.400. The summed E-state index contributed by atoms with van der Waals surface area (Å²) in [6.07, 6.45) is 0. The molecule has 0 aliphatic heterocycles. The minimum atomic E-state index is 0. The minimum absolute atomic E-state index is 0. The van der Waals surface area contributed by atoms with Crippen LogP contribution in [0.25, 0.3) is 0 Å². The van der Waals surface area contributed by atoms with Gasteiger partial charge in [-0.2, -0.15) is 0 Å². The zero-order chi connectivity index (χ0) is 8.24. The maximum absolute atomic E-state index is 2.00. The molecule has 0 N–H and O–H groups in total. The molecule has 1 aromatic rings.